The maximum absolute atomic E-state index is 12.1. The van der Waals surface area contributed by atoms with Crippen molar-refractivity contribution in [2.45, 2.75) is 11.8 Å². The number of carbonyl (C=O) groups excluding carboxylic acids is 1. The molecule has 1 atom stereocenters. The summed E-state index contributed by atoms with van der Waals surface area (Å²) in [6.45, 7) is 2.73. The van der Waals surface area contributed by atoms with Crippen LogP contribution < -0.4 is 4.90 Å². The van der Waals surface area contributed by atoms with Crippen molar-refractivity contribution in [1.82, 2.24) is 4.90 Å². The summed E-state index contributed by atoms with van der Waals surface area (Å²) < 4.78 is 0. The number of halogens is 1. The highest BCUT2D eigenvalue weighted by atomic mass is 79.9. The van der Waals surface area contributed by atoms with Crippen LogP contribution in [-0.2, 0) is 0 Å². The highest BCUT2D eigenvalue weighted by Crippen LogP contribution is 2.14. The first-order valence-electron chi connectivity index (χ1n) is 5.58. The topological polar surface area (TPSA) is 23.6 Å². The van der Waals surface area contributed by atoms with Crippen molar-refractivity contribution in [2.75, 3.05) is 32.6 Å². The van der Waals surface area contributed by atoms with Gasteiger partial charge in [0.1, 0.15) is 0 Å². The molecule has 0 aliphatic carbocycles. The van der Waals surface area contributed by atoms with Gasteiger partial charge in [0.25, 0.3) is 5.91 Å². The molecular weight excluding hydrogens is 280 g/mol. The minimum absolute atomic E-state index is 0.0570. The number of alkyl halides is 1. The first kappa shape index (κ1) is 14.0. The Kier molecular flexibility index (Phi) is 5.00. The molecule has 0 aliphatic rings. The minimum atomic E-state index is 0.0570. The number of carbonyl (C=O) groups is 1. The van der Waals surface area contributed by atoms with Gasteiger partial charge in [-0.1, -0.05) is 22.9 Å². The fraction of sp³-hybridized carbons (Fsp3) is 0.462. The summed E-state index contributed by atoms with van der Waals surface area (Å²) in [7, 11) is 5.78. The monoisotopic (exact) mass is 298 g/mol. The van der Waals surface area contributed by atoms with Crippen molar-refractivity contribution in [3.63, 3.8) is 0 Å². The van der Waals surface area contributed by atoms with Gasteiger partial charge in [-0.25, -0.2) is 0 Å². The van der Waals surface area contributed by atoms with Crippen LogP contribution in [0.2, 0.25) is 0 Å². The van der Waals surface area contributed by atoms with Gasteiger partial charge in [-0.2, -0.15) is 0 Å². The van der Waals surface area contributed by atoms with Crippen molar-refractivity contribution in [3.8, 4) is 0 Å². The van der Waals surface area contributed by atoms with Crippen LogP contribution in [0.3, 0.4) is 0 Å². The number of anilines is 1. The first-order valence-corrected chi connectivity index (χ1v) is 6.50. The van der Waals surface area contributed by atoms with Crippen LogP contribution in [0, 0.1) is 0 Å². The molecule has 1 rings (SSSR count). The van der Waals surface area contributed by atoms with Gasteiger partial charge in [0, 0.05) is 43.8 Å². The van der Waals surface area contributed by atoms with E-state index in [1.165, 1.54) is 0 Å². The molecule has 94 valence electrons. The van der Waals surface area contributed by atoms with E-state index >= 15 is 0 Å². The van der Waals surface area contributed by atoms with E-state index in [9.17, 15) is 4.79 Å². The quantitative estimate of drug-likeness (QED) is 0.798. The third-order valence-electron chi connectivity index (χ3n) is 2.50. The van der Waals surface area contributed by atoms with Gasteiger partial charge < -0.3 is 9.80 Å². The molecule has 3 nitrogen and oxygen atoms in total. The number of hydrogen-bond donors (Lipinski definition) is 0. The number of amides is 1. The number of nitrogens with zero attached hydrogens (tertiary/aromatic N) is 2. The number of rotatable bonds is 4. The molecule has 17 heavy (non-hydrogen) atoms. The second kappa shape index (κ2) is 6.05. The van der Waals surface area contributed by atoms with Crippen LogP contribution in [0.5, 0.6) is 0 Å². The summed E-state index contributed by atoms with van der Waals surface area (Å²) in [6.07, 6.45) is 0. The zero-order valence-electron chi connectivity index (χ0n) is 10.8. The molecule has 4 heteroatoms. The molecule has 0 heterocycles. The molecule has 0 N–H and O–H groups in total. The Labute approximate surface area is 112 Å². The molecule has 0 aliphatic heterocycles. The first-order chi connectivity index (χ1) is 7.91. The largest absolute Gasteiger partial charge is 0.378 e. The van der Waals surface area contributed by atoms with Gasteiger partial charge in [-0.3, -0.25) is 4.79 Å². The lowest BCUT2D eigenvalue weighted by atomic mass is 10.1. The molecule has 1 aromatic rings. The van der Waals surface area contributed by atoms with Crippen LogP contribution in [-0.4, -0.2) is 43.3 Å². The molecule has 0 spiro atoms. The maximum Gasteiger partial charge on any atom is 0.253 e. The lowest BCUT2D eigenvalue weighted by Gasteiger charge is -2.19. The summed E-state index contributed by atoms with van der Waals surface area (Å²) in [5, 5.41) is 0. The lowest BCUT2D eigenvalue weighted by Crippen LogP contribution is -2.31. The van der Waals surface area contributed by atoms with E-state index < -0.39 is 0 Å². The Hall–Kier alpha value is -1.03. The smallest absolute Gasteiger partial charge is 0.253 e. The third-order valence-corrected chi connectivity index (χ3v) is 2.79. The van der Waals surface area contributed by atoms with E-state index in [4.69, 9.17) is 0 Å². The molecule has 0 saturated heterocycles. The lowest BCUT2D eigenvalue weighted by molar-refractivity contribution is 0.0797. The Balaban J connectivity index is 2.76. The second-order valence-corrected chi connectivity index (χ2v) is 5.97. The zero-order chi connectivity index (χ0) is 13.0. The predicted octanol–water partition coefficient (Wildman–Crippen LogP) is 2.61. The number of benzene rings is 1. The van der Waals surface area contributed by atoms with E-state index in [0.717, 1.165) is 11.3 Å². The van der Waals surface area contributed by atoms with Gasteiger partial charge in [0.2, 0.25) is 0 Å². The summed E-state index contributed by atoms with van der Waals surface area (Å²) in [6, 6.07) is 7.65. The van der Waals surface area contributed by atoms with E-state index in [0.29, 0.717) is 11.4 Å². The Bertz CT molecular complexity index is 374. The Morgan fingerprint density at radius 1 is 1.24 bits per heavy atom. The molecule has 0 saturated carbocycles. The maximum atomic E-state index is 12.1. The van der Waals surface area contributed by atoms with Gasteiger partial charge >= 0.3 is 0 Å². The predicted molar refractivity (Wildman–Crippen MR) is 76.1 cm³/mol. The number of hydrogen-bond acceptors (Lipinski definition) is 2. The average molecular weight is 299 g/mol. The van der Waals surface area contributed by atoms with Gasteiger partial charge in [-0.05, 0) is 24.3 Å². The molecule has 0 fully saturated rings. The Morgan fingerprint density at radius 3 is 2.18 bits per heavy atom. The molecule has 1 amide bonds. The fourth-order valence-corrected chi connectivity index (χ4v) is 2.02. The van der Waals surface area contributed by atoms with E-state index in [1.54, 1.807) is 4.90 Å². The molecule has 1 aromatic carbocycles. The Morgan fingerprint density at radius 2 is 1.76 bits per heavy atom. The van der Waals surface area contributed by atoms with Crippen molar-refractivity contribution in [2.24, 2.45) is 0 Å². The van der Waals surface area contributed by atoms with Crippen LogP contribution >= 0.6 is 15.9 Å². The van der Waals surface area contributed by atoms with Crippen molar-refractivity contribution in [3.05, 3.63) is 29.8 Å². The zero-order valence-corrected chi connectivity index (χ0v) is 12.4. The van der Waals surface area contributed by atoms with E-state index in [1.807, 2.05) is 57.2 Å². The summed E-state index contributed by atoms with van der Waals surface area (Å²) in [4.78, 5) is 16.1. The van der Waals surface area contributed by atoms with Crippen molar-refractivity contribution >= 4 is 27.5 Å². The highest BCUT2D eigenvalue weighted by molar-refractivity contribution is 9.09. The molecule has 0 radical (unpaired) electrons. The standard InChI is InChI=1S/C13H19BrN2O/c1-10(14)9-16(4)13(17)11-5-7-12(8-6-11)15(2)3/h5-8,10H,9H2,1-4H3. The van der Waals surface area contributed by atoms with Gasteiger partial charge in [0.15, 0.2) is 0 Å². The van der Waals surface area contributed by atoms with Gasteiger partial charge in [-0.15, -0.1) is 0 Å². The van der Waals surface area contributed by atoms with Crippen LogP contribution in [0.25, 0.3) is 0 Å². The van der Waals surface area contributed by atoms with Crippen molar-refractivity contribution in [1.29, 1.82) is 0 Å². The fourth-order valence-electron chi connectivity index (χ4n) is 1.58. The average Bonchev–Trinajstić information content (AvgIpc) is 2.27. The molecular formula is C13H19BrN2O. The van der Waals surface area contributed by atoms with E-state index in [2.05, 4.69) is 15.9 Å². The third kappa shape index (κ3) is 4.04. The second-order valence-electron chi connectivity index (χ2n) is 4.41. The molecule has 1 unspecified atom stereocenters. The van der Waals surface area contributed by atoms with Crippen LogP contribution in [0.1, 0.15) is 17.3 Å². The van der Waals surface area contributed by atoms with Gasteiger partial charge in [0.05, 0.1) is 0 Å². The summed E-state index contributed by atoms with van der Waals surface area (Å²) in [5.74, 6) is 0.0570. The SMILES string of the molecule is CC(Br)CN(C)C(=O)c1ccc(N(C)C)cc1. The summed E-state index contributed by atoms with van der Waals surface area (Å²) >= 11 is 3.45. The normalized spacial score (nSPS) is 12.1. The highest BCUT2D eigenvalue weighted by Gasteiger charge is 2.13. The van der Waals surface area contributed by atoms with Crippen molar-refractivity contribution < 1.29 is 4.79 Å². The molecule has 0 bridgehead atoms. The summed E-state index contributed by atoms with van der Waals surface area (Å²) in [5.41, 5.74) is 1.82. The minimum Gasteiger partial charge on any atom is -0.378 e. The van der Waals surface area contributed by atoms with Crippen LogP contribution in [0.4, 0.5) is 5.69 Å². The van der Waals surface area contributed by atoms with E-state index in [-0.39, 0.29) is 5.91 Å². The van der Waals surface area contributed by atoms with Crippen LogP contribution in [0.15, 0.2) is 24.3 Å². The molecule has 0 aromatic heterocycles.